The summed E-state index contributed by atoms with van der Waals surface area (Å²) in [6.07, 6.45) is 10.3. The van der Waals surface area contributed by atoms with Gasteiger partial charge in [0.1, 0.15) is 0 Å². The van der Waals surface area contributed by atoms with Crippen molar-refractivity contribution >= 4 is 0 Å². The maximum absolute atomic E-state index is 2.36. The molecule has 0 aliphatic heterocycles. The van der Waals surface area contributed by atoms with Gasteiger partial charge >= 0.3 is 0 Å². The Morgan fingerprint density at radius 3 is 2.47 bits per heavy atom. The third-order valence-electron chi connectivity index (χ3n) is 3.71. The molecule has 0 heterocycles. The fourth-order valence-electron chi connectivity index (χ4n) is 2.85. The molecule has 0 aromatic carbocycles. The van der Waals surface area contributed by atoms with Crippen molar-refractivity contribution in [1.29, 1.82) is 0 Å². The normalized spacial score (nSPS) is 29.5. The van der Waals surface area contributed by atoms with Gasteiger partial charge in [-0.2, -0.15) is 0 Å². The molecule has 0 saturated heterocycles. The Morgan fingerprint density at radius 1 is 1.13 bits per heavy atom. The largest absolute Gasteiger partial charge is 0.0802 e. The van der Waals surface area contributed by atoms with E-state index in [4.69, 9.17) is 0 Å². The highest BCUT2D eigenvalue weighted by Gasteiger charge is 2.29. The molecule has 80 valence electrons. The minimum atomic E-state index is 0.628. The van der Waals surface area contributed by atoms with Crippen LogP contribution in [0.15, 0.2) is 46.6 Å². The lowest BCUT2D eigenvalue weighted by atomic mass is 9.70. The maximum atomic E-state index is 2.36. The summed E-state index contributed by atoms with van der Waals surface area (Å²) in [5.41, 5.74) is 6.13. The quantitative estimate of drug-likeness (QED) is 0.543. The molecular weight excluding hydrogens is 180 g/mol. The molecule has 0 aromatic rings. The van der Waals surface area contributed by atoms with E-state index in [9.17, 15) is 0 Å². The second-order valence-electron chi connectivity index (χ2n) is 4.98. The van der Waals surface area contributed by atoms with Crippen LogP contribution in [0, 0.1) is 11.8 Å². The Hall–Kier alpha value is -1.04. The van der Waals surface area contributed by atoms with Crippen molar-refractivity contribution in [2.24, 2.45) is 11.8 Å². The van der Waals surface area contributed by atoms with Gasteiger partial charge in [0.15, 0.2) is 0 Å². The monoisotopic (exact) mass is 200 g/mol. The standard InChI is InChI=1S/C15H20/c1-10(2)15-12(4)11(3)9-13-7-5-6-8-14(13)15/h5-8,13-14H,9H2,1-4H3. The fraction of sp³-hybridized carbons (Fsp3) is 0.467. The Bertz CT molecular complexity index is 384. The molecular formula is C15H20. The predicted octanol–water partition coefficient (Wildman–Crippen LogP) is 4.42. The number of hydrogen-bond donors (Lipinski definition) is 0. The van der Waals surface area contributed by atoms with Crippen molar-refractivity contribution in [3.8, 4) is 0 Å². The van der Waals surface area contributed by atoms with Gasteiger partial charge in [0, 0.05) is 5.92 Å². The van der Waals surface area contributed by atoms with Crippen molar-refractivity contribution in [3.05, 3.63) is 46.6 Å². The van der Waals surface area contributed by atoms with Crippen molar-refractivity contribution < 1.29 is 0 Å². The van der Waals surface area contributed by atoms with Gasteiger partial charge in [0.25, 0.3) is 0 Å². The van der Waals surface area contributed by atoms with Crippen molar-refractivity contribution in [3.63, 3.8) is 0 Å². The molecule has 0 aromatic heterocycles. The Balaban J connectivity index is 2.51. The summed E-state index contributed by atoms with van der Waals surface area (Å²) in [6.45, 7) is 9.03. The van der Waals surface area contributed by atoms with Crippen LogP contribution in [-0.4, -0.2) is 0 Å². The first-order valence-electron chi connectivity index (χ1n) is 5.80. The van der Waals surface area contributed by atoms with Crippen LogP contribution in [-0.2, 0) is 0 Å². The zero-order valence-electron chi connectivity index (χ0n) is 10.2. The van der Waals surface area contributed by atoms with E-state index in [0.29, 0.717) is 11.8 Å². The third-order valence-corrected chi connectivity index (χ3v) is 3.71. The summed E-state index contributed by atoms with van der Waals surface area (Å²) in [5, 5.41) is 0. The first kappa shape index (κ1) is 10.5. The van der Waals surface area contributed by atoms with Gasteiger partial charge in [-0.15, -0.1) is 0 Å². The van der Waals surface area contributed by atoms with E-state index < -0.39 is 0 Å². The van der Waals surface area contributed by atoms with E-state index in [1.807, 2.05) is 0 Å². The average Bonchev–Trinajstić information content (AvgIpc) is 2.19. The highest BCUT2D eigenvalue weighted by Crippen LogP contribution is 2.42. The van der Waals surface area contributed by atoms with Crippen LogP contribution in [0.2, 0.25) is 0 Å². The molecule has 0 spiro atoms. The highest BCUT2D eigenvalue weighted by molar-refractivity contribution is 5.45. The van der Waals surface area contributed by atoms with Gasteiger partial charge in [-0.1, -0.05) is 35.5 Å². The molecule has 15 heavy (non-hydrogen) atoms. The first-order valence-corrected chi connectivity index (χ1v) is 5.80. The lowest BCUT2D eigenvalue weighted by Gasteiger charge is -2.34. The SMILES string of the molecule is CC(C)=C1C(C)=C(C)CC2C=CC=CC12. The van der Waals surface area contributed by atoms with E-state index in [0.717, 1.165) is 0 Å². The molecule has 0 N–H and O–H groups in total. The van der Waals surface area contributed by atoms with Crippen LogP contribution in [0.3, 0.4) is 0 Å². The van der Waals surface area contributed by atoms with E-state index in [2.05, 4.69) is 52.0 Å². The average molecular weight is 200 g/mol. The van der Waals surface area contributed by atoms with Gasteiger partial charge in [-0.25, -0.2) is 0 Å². The molecule has 0 heteroatoms. The van der Waals surface area contributed by atoms with Crippen LogP contribution in [0.4, 0.5) is 0 Å². The Kier molecular flexibility index (Phi) is 2.68. The molecule has 0 fully saturated rings. The molecule has 2 aliphatic carbocycles. The maximum Gasteiger partial charge on any atom is 0.00890 e. The summed E-state index contributed by atoms with van der Waals surface area (Å²) >= 11 is 0. The minimum Gasteiger partial charge on any atom is -0.0802 e. The summed E-state index contributed by atoms with van der Waals surface area (Å²) < 4.78 is 0. The van der Waals surface area contributed by atoms with Crippen molar-refractivity contribution in [1.82, 2.24) is 0 Å². The van der Waals surface area contributed by atoms with Crippen LogP contribution >= 0.6 is 0 Å². The summed E-state index contributed by atoms with van der Waals surface area (Å²) in [4.78, 5) is 0. The number of allylic oxidation sites excluding steroid dienone is 8. The Labute approximate surface area is 93.1 Å². The van der Waals surface area contributed by atoms with Gasteiger partial charge in [0.2, 0.25) is 0 Å². The minimum absolute atomic E-state index is 0.628. The molecule has 2 rings (SSSR count). The topological polar surface area (TPSA) is 0 Å². The van der Waals surface area contributed by atoms with E-state index >= 15 is 0 Å². The molecule has 0 saturated carbocycles. The fourth-order valence-corrected chi connectivity index (χ4v) is 2.85. The number of fused-ring (bicyclic) bond motifs is 1. The second-order valence-corrected chi connectivity index (χ2v) is 4.98. The predicted molar refractivity (Wildman–Crippen MR) is 66.6 cm³/mol. The summed E-state index contributed by atoms with van der Waals surface area (Å²) in [5.74, 6) is 1.33. The molecule has 2 atom stereocenters. The molecule has 0 radical (unpaired) electrons. The van der Waals surface area contributed by atoms with Gasteiger partial charge in [-0.3, -0.25) is 0 Å². The molecule has 0 bridgehead atoms. The molecule has 2 unspecified atom stereocenters. The molecule has 2 aliphatic rings. The van der Waals surface area contributed by atoms with E-state index in [1.165, 1.54) is 17.6 Å². The highest BCUT2D eigenvalue weighted by atomic mass is 14.3. The smallest absolute Gasteiger partial charge is 0.00890 e. The third kappa shape index (κ3) is 1.73. The Morgan fingerprint density at radius 2 is 1.80 bits per heavy atom. The lowest BCUT2D eigenvalue weighted by molar-refractivity contribution is 0.500. The molecule has 0 amide bonds. The van der Waals surface area contributed by atoms with Gasteiger partial charge < -0.3 is 0 Å². The van der Waals surface area contributed by atoms with Crippen molar-refractivity contribution in [2.75, 3.05) is 0 Å². The van der Waals surface area contributed by atoms with Crippen LogP contribution in [0.1, 0.15) is 34.1 Å². The molecule has 0 nitrogen and oxygen atoms in total. The van der Waals surface area contributed by atoms with Crippen LogP contribution in [0.25, 0.3) is 0 Å². The summed E-state index contributed by atoms with van der Waals surface area (Å²) in [6, 6.07) is 0. The number of rotatable bonds is 0. The second kappa shape index (κ2) is 3.84. The van der Waals surface area contributed by atoms with Crippen LogP contribution < -0.4 is 0 Å². The van der Waals surface area contributed by atoms with Crippen LogP contribution in [0.5, 0.6) is 0 Å². The van der Waals surface area contributed by atoms with E-state index in [-0.39, 0.29) is 0 Å². The lowest BCUT2D eigenvalue weighted by Crippen LogP contribution is -2.22. The summed E-state index contributed by atoms with van der Waals surface area (Å²) in [7, 11) is 0. The van der Waals surface area contributed by atoms with Gasteiger partial charge in [-0.05, 0) is 51.2 Å². The van der Waals surface area contributed by atoms with Gasteiger partial charge in [0.05, 0.1) is 0 Å². The zero-order valence-corrected chi connectivity index (χ0v) is 10.2. The number of hydrogen-bond acceptors (Lipinski definition) is 0. The first-order chi connectivity index (χ1) is 7.11. The zero-order chi connectivity index (χ0) is 11.0. The van der Waals surface area contributed by atoms with E-state index in [1.54, 1.807) is 11.1 Å². The van der Waals surface area contributed by atoms with Crippen molar-refractivity contribution in [2.45, 2.75) is 34.1 Å².